The number of benzene rings is 2. The third kappa shape index (κ3) is 4.26. The maximum atomic E-state index is 6.66. The monoisotopic (exact) mass is 486 g/mol. The van der Waals surface area contributed by atoms with Gasteiger partial charge in [0.25, 0.3) is 0 Å². The topological polar surface area (TPSA) is 52.4 Å². The zero-order valence-corrected chi connectivity index (χ0v) is 20.6. The number of fused-ring (bicyclic) bond motifs is 1. The van der Waals surface area contributed by atoms with Crippen molar-refractivity contribution in [3.63, 3.8) is 0 Å². The Morgan fingerprint density at radius 3 is 2.48 bits per heavy atom. The second-order valence-corrected chi connectivity index (χ2v) is 9.72. The lowest BCUT2D eigenvalue weighted by Crippen LogP contribution is -2.44. The van der Waals surface area contributed by atoms with E-state index in [-0.39, 0.29) is 12.1 Å². The first-order valence-corrected chi connectivity index (χ1v) is 12.1. The summed E-state index contributed by atoms with van der Waals surface area (Å²) in [5, 5.41) is 9.66. The number of rotatable bonds is 6. The Hall–Kier alpha value is -2.12. The molecule has 1 aliphatic carbocycles. The third-order valence-electron chi connectivity index (χ3n) is 6.82. The Morgan fingerprint density at radius 2 is 1.79 bits per heavy atom. The zero-order chi connectivity index (χ0) is 23.1. The van der Waals surface area contributed by atoms with Crippen LogP contribution in [0.1, 0.15) is 41.7 Å². The lowest BCUT2D eigenvalue weighted by molar-refractivity contribution is 0.0390. The van der Waals surface area contributed by atoms with Gasteiger partial charge in [0.2, 0.25) is 0 Å². The Kier molecular flexibility index (Phi) is 6.36. The number of hydrogen-bond acceptors (Lipinski definition) is 5. The SMILES string of the molecule is COCC1CCCN1[C@H]1Cc2c(Cl)cc(Cl)cc2[C@@H]1Oc1ccc(-n2c(C)nnc2C)cc1. The van der Waals surface area contributed by atoms with Crippen molar-refractivity contribution in [2.24, 2.45) is 0 Å². The first-order chi connectivity index (χ1) is 16.0. The number of aromatic nitrogens is 3. The lowest BCUT2D eigenvalue weighted by Gasteiger charge is -2.34. The van der Waals surface area contributed by atoms with E-state index in [1.807, 2.05) is 54.8 Å². The summed E-state index contributed by atoms with van der Waals surface area (Å²) in [6.45, 7) is 5.65. The van der Waals surface area contributed by atoms with Gasteiger partial charge in [0, 0.05) is 34.4 Å². The number of methoxy groups -OCH3 is 1. The van der Waals surface area contributed by atoms with Crippen LogP contribution in [-0.4, -0.2) is 52.0 Å². The number of aryl methyl sites for hydroxylation is 2. The highest BCUT2D eigenvalue weighted by molar-refractivity contribution is 6.35. The van der Waals surface area contributed by atoms with Crippen molar-refractivity contribution in [2.45, 2.75) is 51.3 Å². The van der Waals surface area contributed by atoms with E-state index in [2.05, 4.69) is 15.1 Å². The molecule has 5 rings (SSSR count). The Balaban J connectivity index is 1.46. The van der Waals surface area contributed by atoms with E-state index in [4.69, 9.17) is 32.7 Å². The van der Waals surface area contributed by atoms with Crippen LogP contribution in [0.2, 0.25) is 10.0 Å². The molecule has 3 aromatic rings. The fraction of sp³-hybridized carbons (Fsp3) is 0.440. The summed E-state index contributed by atoms with van der Waals surface area (Å²) in [5.41, 5.74) is 3.22. The summed E-state index contributed by atoms with van der Waals surface area (Å²) < 4.78 is 14.2. The molecule has 3 atom stereocenters. The average molecular weight is 487 g/mol. The van der Waals surface area contributed by atoms with E-state index < -0.39 is 0 Å². The minimum Gasteiger partial charge on any atom is -0.484 e. The predicted octanol–water partition coefficient (Wildman–Crippen LogP) is 5.35. The van der Waals surface area contributed by atoms with E-state index in [1.54, 1.807) is 7.11 Å². The molecule has 1 unspecified atom stereocenters. The fourth-order valence-corrected chi connectivity index (χ4v) is 5.96. The number of hydrogen-bond donors (Lipinski definition) is 0. The predicted molar refractivity (Wildman–Crippen MR) is 130 cm³/mol. The highest BCUT2D eigenvalue weighted by Crippen LogP contribution is 2.44. The van der Waals surface area contributed by atoms with Crippen molar-refractivity contribution in [3.8, 4) is 11.4 Å². The maximum absolute atomic E-state index is 6.66. The van der Waals surface area contributed by atoms with E-state index in [0.29, 0.717) is 16.1 Å². The molecule has 0 spiro atoms. The average Bonchev–Trinajstić information content (AvgIpc) is 3.47. The Bertz CT molecular complexity index is 1130. The van der Waals surface area contributed by atoms with Crippen LogP contribution in [-0.2, 0) is 11.2 Å². The van der Waals surface area contributed by atoms with Gasteiger partial charge in [0.05, 0.1) is 12.6 Å². The second kappa shape index (κ2) is 9.26. The van der Waals surface area contributed by atoms with E-state index in [0.717, 1.165) is 66.6 Å². The zero-order valence-electron chi connectivity index (χ0n) is 19.1. The van der Waals surface area contributed by atoms with Gasteiger partial charge >= 0.3 is 0 Å². The molecule has 33 heavy (non-hydrogen) atoms. The quantitative estimate of drug-likeness (QED) is 0.470. The molecular weight excluding hydrogens is 459 g/mol. The number of likely N-dealkylation sites (tertiary alicyclic amines) is 1. The van der Waals surface area contributed by atoms with Gasteiger partial charge in [-0.15, -0.1) is 10.2 Å². The van der Waals surface area contributed by atoms with Crippen LogP contribution >= 0.6 is 23.2 Å². The summed E-state index contributed by atoms with van der Waals surface area (Å²) >= 11 is 13.0. The van der Waals surface area contributed by atoms with Gasteiger partial charge in [-0.1, -0.05) is 23.2 Å². The molecule has 0 bridgehead atoms. The Labute approximate surface area is 204 Å². The molecule has 1 fully saturated rings. The molecule has 1 aromatic heterocycles. The van der Waals surface area contributed by atoms with Gasteiger partial charge in [0.1, 0.15) is 23.5 Å². The Morgan fingerprint density at radius 1 is 1.06 bits per heavy atom. The van der Waals surface area contributed by atoms with E-state index in [9.17, 15) is 0 Å². The van der Waals surface area contributed by atoms with Crippen LogP contribution in [0, 0.1) is 13.8 Å². The second-order valence-electron chi connectivity index (χ2n) is 8.88. The normalized spacial score (nSPS) is 22.6. The first kappa shape index (κ1) is 22.7. The number of ether oxygens (including phenoxy) is 2. The minimum atomic E-state index is -0.155. The van der Waals surface area contributed by atoms with Crippen molar-refractivity contribution in [2.75, 3.05) is 20.3 Å². The smallest absolute Gasteiger partial charge is 0.140 e. The molecule has 174 valence electrons. The minimum absolute atomic E-state index is 0.155. The van der Waals surface area contributed by atoms with Gasteiger partial charge in [-0.05, 0) is 81.6 Å². The molecule has 1 saturated heterocycles. The molecule has 6 nitrogen and oxygen atoms in total. The summed E-state index contributed by atoms with van der Waals surface area (Å²) in [5.74, 6) is 2.52. The van der Waals surface area contributed by atoms with Crippen molar-refractivity contribution in [1.82, 2.24) is 19.7 Å². The first-order valence-electron chi connectivity index (χ1n) is 11.3. The molecule has 0 N–H and O–H groups in total. The van der Waals surface area contributed by atoms with Crippen LogP contribution < -0.4 is 4.74 Å². The highest BCUT2D eigenvalue weighted by atomic mass is 35.5. The van der Waals surface area contributed by atoms with Gasteiger partial charge in [-0.25, -0.2) is 0 Å². The molecule has 8 heteroatoms. The standard InChI is InChI=1S/C25H28Cl2N4O2/c1-15-28-29-16(2)31(15)18-6-8-20(9-7-18)33-25-22-11-17(26)12-23(27)21(22)13-24(25)30-10-4-5-19(30)14-32-3/h6-9,11-12,19,24-25H,4-5,10,13-14H2,1-3H3/t19?,24-,25-/m0/s1. The lowest BCUT2D eigenvalue weighted by atomic mass is 10.1. The van der Waals surface area contributed by atoms with Crippen LogP contribution in [0.5, 0.6) is 5.75 Å². The molecular formula is C25H28Cl2N4O2. The number of halogens is 2. The van der Waals surface area contributed by atoms with Crippen LogP contribution in [0.3, 0.4) is 0 Å². The van der Waals surface area contributed by atoms with Gasteiger partial charge in [-0.2, -0.15) is 0 Å². The van der Waals surface area contributed by atoms with Crippen molar-refractivity contribution in [3.05, 3.63) is 69.2 Å². The summed E-state index contributed by atoms with van der Waals surface area (Å²) in [7, 11) is 1.77. The summed E-state index contributed by atoms with van der Waals surface area (Å²) in [6, 6.07) is 12.5. The molecule has 2 aliphatic rings. The molecule has 2 heterocycles. The van der Waals surface area contributed by atoms with Gasteiger partial charge in [-0.3, -0.25) is 9.47 Å². The summed E-state index contributed by atoms with van der Waals surface area (Å²) in [6.07, 6.45) is 2.98. The largest absolute Gasteiger partial charge is 0.484 e. The highest BCUT2D eigenvalue weighted by Gasteiger charge is 2.43. The van der Waals surface area contributed by atoms with Crippen molar-refractivity contribution in [1.29, 1.82) is 0 Å². The molecule has 2 aromatic carbocycles. The number of nitrogens with zero attached hydrogens (tertiary/aromatic N) is 4. The van der Waals surface area contributed by atoms with E-state index in [1.165, 1.54) is 0 Å². The van der Waals surface area contributed by atoms with Crippen LogP contribution in [0.25, 0.3) is 5.69 Å². The third-order valence-corrected chi connectivity index (χ3v) is 7.37. The van der Waals surface area contributed by atoms with Gasteiger partial charge in [0.15, 0.2) is 0 Å². The van der Waals surface area contributed by atoms with Crippen LogP contribution in [0.15, 0.2) is 36.4 Å². The molecule has 0 saturated carbocycles. The van der Waals surface area contributed by atoms with Gasteiger partial charge < -0.3 is 9.47 Å². The van der Waals surface area contributed by atoms with Crippen LogP contribution in [0.4, 0.5) is 0 Å². The van der Waals surface area contributed by atoms with Crippen molar-refractivity contribution >= 4 is 23.2 Å². The molecule has 1 aliphatic heterocycles. The molecule has 0 amide bonds. The maximum Gasteiger partial charge on any atom is 0.140 e. The van der Waals surface area contributed by atoms with E-state index >= 15 is 0 Å². The molecule has 0 radical (unpaired) electrons. The summed E-state index contributed by atoms with van der Waals surface area (Å²) in [4.78, 5) is 2.54. The fourth-order valence-electron chi connectivity index (χ4n) is 5.38. The van der Waals surface area contributed by atoms with Crippen molar-refractivity contribution < 1.29 is 9.47 Å².